The normalized spacial score (nSPS) is 11.8. The highest BCUT2D eigenvalue weighted by atomic mass is 16.5. The molecular weight excluding hydrogens is 440 g/mol. The fourth-order valence-electron chi connectivity index (χ4n) is 4.05. The first-order chi connectivity index (χ1) is 17.0. The van der Waals surface area contributed by atoms with Crippen LogP contribution in [0, 0.1) is 13.8 Å². The van der Waals surface area contributed by atoms with Crippen LogP contribution in [0.3, 0.4) is 0 Å². The van der Waals surface area contributed by atoms with Gasteiger partial charge in [0.2, 0.25) is 6.10 Å². The van der Waals surface area contributed by atoms with Gasteiger partial charge in [-0.3, -0.25) is 0 Å². The van der Waals surface area contributed by atoms with E-state index in [2.05, 4.69) is 9.97 Å². The molecule has 0 spiro atoms. The Morgan fingerprint density at radius 3 is 1.94 bits per heavy atom. The Kier molecular flexibility index (Phi) is 7.41. The van der Waals surface area contributed by atoms with Crippen LogP contribution < -0.4 is 9.47 Å². The van der Waals surface area contributed by atoms with Gasteiger partial charge in [0.1, 0.15) is 5.75 Å². The predicted octanol–water partition coefficient (Wildman–Crippen LogP) is 5.82. The molecule has 0 saturated heterocycles. The minimum Gasteiger partial charge on any atom is -0.494 e. The zero-order chi connectivity index (χ0) is 24.8. The van der Waals surface area contributed by atoms with Gasteiger partial charge in [0.05, 0.1) is 18.2 Å². The zero-order valence-corrected chi connectivity index (χ0v) is 20.0. The molecule has 1 unspecified atom stereocenters. The number of carbonyl (C=O) groups is 1. The molecule has 0 aliphatic carbocycles. The van der Waals surface area contributed by atoms with Gasteiger partial charge in [0.25, 0.3) is 0 Å². The highest BCUT2D eigenvalue weighted by molar-refractivity contribution is 5.75. The summed E-state index contributed by atoms with van der Waals surface area (Å²) in [7, 11) is 0. The quantitative estimate of drug-likeness (QED) is 0.333. The number of carboxylic acid groups (broad SMARTS) is 1. The fourth-order valence-corrected chi connectivity index (χ4v) is 4.05. The average Bonchev–Trinajstić information content (AvgIpc) is 2.87. The van der Waals surface area contributed by atoms with E-state index >= 15 is 0 Å². The third-order valence-electron chi connectivity index (χ3n) is 5.90. The van der Waals surface area contributed by atoms with Crippen LogP contribution in [-0.2, 0) is 4.79 Å². The highest BCUT2D eigenvalue weighted by Gasteiger charge is 2.34. The van der Waals surface area contributed by atoms with Crippen molar-refractivity contribution < 1.29 is 19.4 Å². The summed E-state index contributed by atoms with van der Waals surface area (Å²) in [6.45, 7) is 6.33. The van der Waals surface area contributed by atoms with Crippen molar-refractivity contribution in [3.63, 3.8) is 0 Å². The van der Waals surface area contributed by atoms with Crippen molar-refractivity contribution in [1.29, 1.82) is 0 Å². The van der Waals surface area contributed by atoms with Crippen LogP contribution in [-0.4, -0.2) is 33.8 Å². The maximum Gasteiger partial charge on any atom is 0.346 e. The molecule has 1 heterocycles. The lowest BCUT2D eigenvalue weighted by Gasteiger charge is -2.25. The van der Waals surface area contributed by atoms with E-state index in [4.69, 9.17) is 9.47 Å². The van der Waals surface area contributed by atoms with E-state index < -0.39 is 18.0 Å². The molecule has 178 valence electrons. The van der Waals surface area contributed by atoms with E-state index in [1.54, 1.807) is 0 Å². The minimum atomic E-state index is -1.23. The number of aryl methyl sites for hydroxylation is 1. The van der Waals surface area contributed by atoms with Crippen LogP contribution in [0.15, 0.2) is 84.9 Å². The van der Waals surface area contributed by atoms with Crippen molar-refractivity contribution in [2.24, 2.45) is 0 Å². The van der Waals surface area contributed by atoms with Crippen LogP contribution >= 0.6 is 0 Å². The van der Waals surface area contributed by atoms with E-state index in [0.717, 1.165) is 33.7 Å². The molecule has 0 amide bonds. The Balaban J connectivity index is 1.74. The molecule has 1 aromatic heterocycles. The Labute approximate surface area is 205 Å². The molecule has 0 radical (unpaired) electrons. The molecule has 3 aromatic carbocycles. The molecule has 4 aromatic rings. The lowest BCUT2D eigenvalue weighted by atomic mass is 9.86. The molecule has 0 aliphatic rings. The maximum atomic E-state index is 12.5. The number of hydrogen-bond donors (Lipinski definition) is 1. The van der Waals surface area contributed by atoms with E-state index in [0.29, 0.717) is 12.3 Å². The standard InChI is InChI=1S/C29H28N2O4/c1-4-34-24-17-15-23(16-18-24)26-19(2)20(3)30-29(31-26)35-27(28(32)33)25(21-11-7-5-8-12-21)22-13-9-6-10-14-22/h5-18,25,27H,4H2,1-3H3,(H,32,33). The van der Waals surface area contributed by atoms with E-state index in [1.807, 2.05) is 106 Å². The van der Waals surface area contributed by atoms with E-state index in [9.17, 15) is 9.90 Å². The fraction of sp³-hybridized carbons (Fsp3) is 0.207. The third-order valence-corrected chi connectivity index (χ3v) is 5.90. The van der Waals surface area contributed by atoms with Crippen molar-refractivity contribution in [2.45, 2.75) is 32.8 Å². The molecule has 6 heteroatoms. The molecule has 0 fully saturated rings. The van der Waals surface area contributed by atoms with Gasteiger partial charge in [0, 0.05) is 11.3 Å². The monoisotopic (exact) mass is 468 g/mol. The second kappa shape index (κ2) is 10.8. The number of aromatic nitrogens is 2. The first kappa shape index (κ1) is 24.0. The highest BCUT2D eigenvalue weighted by Crippen LogP contribution is 2.32. The maximum absolute atomic E-state index is 12.5. The van der Waals surface area contributed by atoms with Crippen LogP contribution in [0.1, 0.15) is 35.2 Å². The lowest BCUT2D eigenvalue weighted by Crippen LogP contribution is -2.35. The summed E-state index contributed by atoms with van der Waals surface area (Å²) in [6, 6.07) is 26.6. The van der Waals surface area contributed by atoms with Gasteiger partial charge in [-0.1, -0.05) is 60.7 Å². The van der Waals surface area contributed by atoms with Gasteiger partial charge in [-0.2, -0.15) is 4.98 Å². The number of nitrogens with zero attached hydrogens (tertiary/aromatic N) is 2. The van der Waals surface area contributed by atoms with Crippen molar-refractivity contribution in [2.75, 3.05) is 6.61 Å². The van der Waals surface area contributed by atoms with E-state index in [1.165, 1.54) is 0 Å². The SMILES string of the molecule is CCOc1ccc(-c2nc(OC(C(=O)O)C(c3ccccc3)c3ccccc3)nc(C)c2C)cc1. The summed E-state index contributed by atoms with van der Waals surface area (Å²) >= 11 is 0. The minimum absolute atomic E-state index is 0.0289. The Hall–Kier alpha value is -4.19. The first-order valence-corrected chi connectivity index (χ1v) is 11.6. The van der Waals surface area contributed by atoms with Crippen LogP contribution in [0.2, 0.25) is 0 Å². The van der Waals surface area contributed by atoms with Crippen molar-refractivity contribution in [3.05, 3.63) is 107 Å². The largest absolute Gasteiger partial charge is 0.494 e. The average molecular weight is 469 g/mol. The van der Waals surface area contributed by atoms with Crippen molar-refractivity contribution in [3.8, 4) is 23.0 Å². The molecule has 1 N–H and O–H groups in total. The molecule has 0 bridgehead atoms. The van der Waals surface area contributed by atoms with Crippen LogP contribution in [0.25, 0.3) is 11.3 Å². The number of rotatable bonds is 9. The summed E-state index contributed by atoms with van der Waals surface area (Å²) in [6.07, 6.45) is -1.23. The summed E-state index contributed by atoms with van der Waals surface area (Å²) in [4.78, 5) is 21.6. The Bertz CT molecular complexity index is 1240. The van der Waals surface area contributed by atoms with Gasteiger partial charge < -0.3 is 14.6 Å². The molecule has 0 aliphatic heterocycles. The molecule has 1 atom stereocenters. The summed E-state index contributed by atoms with van der Waals surface area (Å²) in [5.74, 6) is -0.864. The number of aliphatic carboxylic acids is 1. The molecule has 6 nitrogen and oxygen atoms in total. The van der Waals surface area contributed by atoms with Gasteiger partial charge in [-0.05, 0) is 61.7 Å². The van der Waals surface area contributed by atoms with E-state index in [-0.39, 0.29) is 6.01 Å². The second-order valence-corrected chi connectivity index (χ2v) is 8.20. The van der Waals surface area contributed by atoms with Crippen molar-refractivity contribution >= 4 is 5.97 Å². The first-order valence-electron chi connectivity index (χ1n) is 11.6. The lowest BCUT2D eigenvalue weighted by molar-refractivity contribution is -0.146. The molecule has 35 heavy (non-hydrogen) atoms. The van der Waals surface area contributed by atoms with Gasteiger partial charge in [-0.25, -0.2) is 9.78 Å². The molecular formula is C29H28N2O4. The van der Waals surface area contributed by atoms with Gasteiger partial charge in [0.15, 0.2) is 0 Å². The summed E-state index contributed by atoms with van der Waals surface area (Å²) < 4.78 is 11.6. The smallest absolute Gasteiger partial charge is 0.346 e. The number of ether oxygens (including phenoxy) is 2. The Morgan fingerprint density at radius 1 is 0.857 bits per heavy atom. The van der Waals surface area contributed by atoms with Crippen LogP contribution in [0.4, 0.5) is 0 Å². The Morgan fingerprint density at radius 2 is 1.43 bits per heavy atom. The number of benzene rings is 3. The van der Waals surface area contributed by atoms with Gasteiger partial charge in [-0.15, -0.1) is 0 Å². The second-order valence-electron chi connectivity index (χ2n) is 8.20. The molecule has 4 rings (SSSR count). The number of hydrogen-bond acceptors (Lipinski definition) is 5. The van der Waals surface area contributed by atoms with Crippen LogP contribution in [0.5, 0.6) is 11.8 Å². The zero-order valence-electron chi connectivity index (χ0n) is 20.0. The third kappa shape index (κ3) is 5.49. The van der Waals surface area contributed by atoms with Crippen molar-refractivity contribution in [1.82, 2.24) is 9.97 Å². The topological polar surface area (TPSA) is 81.5 Å². The summed E-state index contributed by atoms with van der Waals surface area (Å²) in [5.41, 5.74) is 4.85. The van der Waals surface area contributed by atoms with Gasteiger partial charge >= 0.3 is 12.0 Å². The molecule has 0 saturated carbocycles. The summed E-state index contributed by atoms with van der Waals surface area (Å²) in [5, 5.41) is 10.2. The predicted molar refractivity (Wildman–Crippen MR) is 135 cm³/mol. The number of carboxylic acids is 1.